The number of carbonyl (C=O) groups excluding carboxylic acids is 1. The van der Waals surface area contributed by atoms with E-state index in [4.69, 9.17) is 5.73 Å². The van der Waals surface area contributed by atoms with Gasteiger partial charge in [-0.25, -0.2) is 0 Å². The van der Waals surface area contributed by atoms with Crippen LogP contribution in [0.15, 0.2) is 16.8 Å². The van der Waals surface area contributed by atoms with Crippen molar-refractivity contribution >= 4 is 17.2 Å². The van der Waals surface area contributed by atoms with E-state index in [1.54, 1.807) is 11.3 Å². The summed E-state index contributed by atoms with van der Waals surface area (Å²) < 4.78 is 0. The molecule has 1 fully saturated rings. The Labute approximate surface area is 119 Å². The van der Waals surface area contributed by atoms with Crippen LogP contribution in [0.3, 0.4) is 0 Å². The van der Waals surface area contributed by atoms with E-state index in [2.05, 4.69) is 21.7 Å². The first-order valence-corrected chi connectivity index (χ1v) is 7.86. The van der Waals surface area contributed by atoms with Crippen LogP contribution in [0.5, 0.6) is 0 Å². The first-order chi connectivity index (χ1) is 9.15. The van der Waals surface area contributed by atoms with Gasteiger partial charge in [0.05, 0.1) is 0 Å². The van der Waals surface area contributed by atoms with Gasteiger partial charge < -0.3 is 10.6 Å². The fraction of sp³-hybridized carbons (Fsp3) is 0.643. The first kappa shape index (κ1) is 14.5. The molecule has 1 unspecified atom stereocenters. The maximum Gasteiger partial charge on any atom is 0.222 e. The minimum atomic E-state index is 0.115. The molecule has 19 heavy (non-hydrogen) atoms. The summed E-state index contributed by atoms with van der Waals surface area (Å²) in [7, 11) is 0. The second kappa shape index (κ2) is 7.03. The van der Waals surface area contributed by atoms with E-state index in [1.165, 1.54) is 5.56 Å². The number of nitrogens with zero attached hydrogens (tertiary/aromatic N) is 2. The zero-order valence-electron chi connectivity index (χ0n) is 11.5. The Morgan fingerprint density at radius 1 is 1.42 bits per heavy atom. The molecule has 4 nitrogen and oxygen atoms in total. The number of thiophene rings is 1. The molecule has 2 N–H and O–H groups in total. The molecule has 1 atom stereocenters. The van der Waals surface area contributed by atoms with Gasteiger partial charge in [0, 0.05) is 45.2 Å². The topological polar surface area (TPSA) is 49.6 Å². The molecule has 1 aromatic rings. The minimum absolute atomic E-state index is 0.115. The summed E-state index contributed by atoms with van der Waals surface area (Å²) in [4.78, 5) is 16.4. The van der Waals surface area contributed by atoms with Gasteiger partial charge in [-0.2, -0.15) is 11.3 Å². The monoisotopic (exact) mass is 281 g/mol. The van der Waals surface area contributed by atoms with Crippen LogP contribution < -0.4 is 5.73 Å². The van der Waals surface area contributed by atoms with Gasteiger partial charge in [0.15, 0.2) is 0 Å². The highest BCUT2D eigenvalue weighted by molar-refractivity contribution is 7.07. The lowest BCUT2D eigenvalue weighted by Crippen LogP contribution is -2.48. The summed E-state index contributed by atoms with van der Waals surface area (Å²) in [5, 5.41) is 4.31. The molecule has 1 aliphatic heterocycles. The number of nitrogens with two attached hydrogens (primary N) is 1. The molecule has 0 bridgehead atoms. The van der Waals surface area contributed by atoms with Crippen molar-refractivity contribution in [2.24, 2.45) is 5.73 Å². The number of hydrogen-bond acceptors (Lipinski definition) is 4. The van der Waals surface area contributed by atoms with Gasteiger partial charge in [-0.05, 0) is 35.7 Å². The van der Waals surface area contributed by atoms with Crippen LogP contribution in [-0.4, -0.2) is 47.9 Å². The average molecular weight is 281 g/mol. The molecule has 0 aromatic carbocycles. The van der Waals surface area contributed by atoms with E-state index < -0.39 is 0 Å². The fourth-order valence-electron chi connectivity index (χ4n) is 2.31. The van der Waals surface area contributed by atoms with Gasteiger partial charge in [0.25, 0.3) is 0 Å². The van der Waals surface area contributed by atoms with Gasteiger partial charge >= 0.3 is 0 Å². The summed E-state index contributed by atoms with van der Waals surface area (Å²) in [6.07, 6.45) is 1.37. The predicted molar refractivity (Wildman–Crippen MR) is 79.1 cm³/mol. The second-order valence-corrected chi connectivity index (χ2v) is 6.08. The lowest BCUT2D eigenvalue weighted by molar-refractivity contribution is -0.133. The molecule has 0 aliphatic carbocycles. The van der Waals surface area contributed by atoms with Crippen molar-refractivity contribution in [2.45, 2.75) is 32.4 Å². The SMILES string of the molecule is CC(N)CCC(=O)N1CCN(Cc2ccsc2)CC1. The van der Waals surface area contributed by atoms with Gasteiger partial charge in [0.1, 0.15) is 0 Å². The van der Waals surface area contributed by atoms with Gasteiger partial charge in [-0.15, -0.1) is 0 Å². The Bertz CT molecular complexity index is 383. The predicted octanol–water partition coefficient (Wildman–Crippen LogP) is 1.52. The number of piperazine rings is 1. The number of carbonyl (C=O) groups is 1. The average Bonchev–Trinajstić information content (AvgIpc) is 2.89. The number of hydrogen-bond donors (Lipinski definition) is 1. The van der Waals surface area contributed by atoms with Crippen LogP contribution in [-0.2, 0) is 11.3 Å². The molecule has 2 heterocycles. The Balaban J connectivity index is 1.71. The zero-order valence-corrected chi connectivity index (χ0v) is 12.4. The van der Waals surface area contributed by atoms with Gasteiger partial charge in [0.2, 0.25) is 5.91 Å². The summed E-state index contributed by atoms with van der Waals surface area (Å²) in [6.45, 7) is 6.60. The van der Waals surface area contributed by atoms with Crippen LogP contribution in [0.2, 0.25) is 0 Å². The molecule has 1 aromatic heterocycles. The molecule has 0 saturated carbocycles. The molecular formula is C14H23N3OS. The lowest BCUT2D eigenvalue weighted by Gasteiger charge is -2.34. The van der Waals surface area contributed by atoms with Crippen LogP contribution in [0.1, 0.15) is 25.3 Å². The van der Waals surface area contributed by atoms with E-state index in [9.17, 15) is 4.79 Å². The van der Waals surface area contributed by atoms with Crippen molar-refractivity contribution in [1.29, 1.82) is 0 Å². The Hall–Kier alpha value is -0.910. The highest BCUT2D eigenvalue weighted by Gasteiger charge is 2.20. The lowest BCUT2D eigenvalue weighted by atomic mass is 10.1. The third-order valence-corrected chi connectivity index (χ3v) is 4.26. The van der Waals surface area contributed by atoms with E-state index >= 15 is 0 Å². The highest BCUT2D eigenvalue weighted by Crippen LogP contribution is 2.12. The summed E-state index contributed by atoms with van der Waals surface area (Å²) >= 11 is 1.74. The molecule has 1 aliphatic rings. The third-order valence-electron chi connectivity index (χ3n) is 3.52. The van der Waals surface area contributed by atoms with Crippen LogP contribution >= 0.6 is 11.3 Å². The van der Waals surface area contributed by atoms with Crippen molar-refractivity contribution in [3.63, 3.8) is 0 Å². The molecule has 5 heteroatoms. The molecule has 1 amide bonds. The van der Waals surface area contributed by atoms with Crippen molar-refractivity contribution in [3.8, 4) is 0 Å². The van der Waals surface area contributed by atoms with E-state index in [1.807, 2.05) is 11.8 Å². The van der Waals surface area contributed by atoms with Gasteiger partial charge in [-0.3, -0.25) is 9.69 Å². The summed E-state index contributed by atoms with van der Waals surface area (Å²) in [6, 6.07) is 2.29. The van der Waals surface area contributed by atoms with Crippen LogP contribution in [0, 0.1) is 0 Å². The summed E-state index contributed by atoms with van der Waals surface area (Å²) in [5.74, 6) is 0.257. The van der Waals surface area contributed by atoms with Crippen molar-refractivity contribution in [3.05, 3.63) is 22.4 Å². The van der Waals surface area contributed by atoms with Crippen molar-refractivity contribution in [2.75, 3.05) is 26.2 Å². The van der Waals surface area contributed by atoms with E-state index in [-0.39, 0.29) is 11.9 Å². The van der Waals surface area contributed by atoms with Gasteiger partial charge in [-0.1, -0.05) is 0 Å². The zero-order chi connectivity index (χ0) is 13.7. The van der Waals surface area contributed by atoms with Crippen molar-refractivity contribution < 1.29 is 4.79 Å². The Morgan fingerprint density at radius 3 is 2.74 bits per heavy atom. The standard InChI is InChI=1S/C14H23N3OS/c1-12(15)2-3-14(18)17-7-5-16(6-8-17)10-13-4-9-19-11-13/h4,9,11-12H,2-3,5-8,10,15H2,1H3. The number of amides is 1. The molecular weight excluding hydrogens is 258 g/mol. The minimum Gasteiger partial charge on any atom is -0.340 e. The van der Waals surface area contributed by atoms with Crippen LogP contribution in [0.25, 0.3) is 0 Å². The maximum atomic E-state index is 12.0. The highest BCUT2D eigenvalue weighted by atomic mass is 32.1. The summed E-state index contributed by atoms with van der Waals surface area (Å²) in [5.41, 5.74) is 7.07. The van der Waals surface area contributed by atoms with E-state index in [0.29, 0.717) is 6.42 Å². The Kier molecular flexibility index (Phi) is 5.36. The molecule has 106 valence electrons. The normalized spacial score (nSPS) is 18.5. The third kappa shape index (κ3) is 4.60. The second-order valence-electron chi connectivity index (χ2n) is 5.30. The van der Waals surface area contributed by atoms with E-state index in [0.717, 1.165) is 39.1 Å². The fourth-order valence-corrected chi connectivity index (χ4v) is 2.97. The molecule has 0 spiro atoms. The molecule has 2 rings (SSSR count). The Morgan fingerprint density at radius 2 is 2.16 bits per heavy atom. The van der Waals surface area contributed by atoms with Crippen molar-refractivity contribution in [1.82, 2.24) is 9.80 Å². The first-order valence-electron chi connectivity index (χ1n) is 6.92. The number of rotatable bonds is 5. The molecule has 1 saturated heterocycles. The molecule has 0 radical (unpaired) electrons. The quantitative estimate of drug-likeness (QED) is 0.890. The smallest absolute Gasteiger partial charge is 0.222 e. The van der Waals surface area contributed by atoms with Crippen LogP contribution in [0.4, 0.5) is 0 Å². The largest absolute Gasteiger partial charge is 0.340 e. The maximum absolute atomic E-state index is 12.0.